The molecule has 8 heteroatoms. The fourth-order valence-electron chi connectivity index (χ4n) is 1.65. The van der Waals surface area contributed by atoms with Gasteiger partial charge in [0.25, 0.3) is 0 Å². The van der Waals surface area contributed by atoms with Crippen molar-refractivity contribution in [2.75, 3.05) is 60.0 Å². The maximum absolute atomic E-state index is 11.2. The maximum atomic E-state index is 11.2. The molecule has 134 valence electrons. The van der Waals surface area contributed by atoms with Crippen molar-refractivity contribution in [1.29, 1.82) is 0 Å². The van der Waals surface area contributed by atoms with Crippen LogP contribution in [0.4, 0.5) is 0 Å². The van der Waals surface area contributed by atoms with Gasteiger partial charge in [-0.2, -0.15) is 5.10 Å². The molecule has 0 N–H and O–H groups in total. The fourth-order valence-corrected chi connectivity index (χ4v) is 1.65. The molecule has 0 fully saturated rings. The third-order valence-corrected chi connectivity index (χ3v) is 2.80. The Balaban J connectivity index is 1.88. The van der Waals surface area contributed by atoms with Gasteiger partial charge in [-0.3, -0.25) is 4.68 Å². The molecule has 0 aliphatic carbocycles. The van der Waals surface area contributed by atoms with Crippen molar-refractivity contribution in [3.05, 3.63) is 18.0 Å². The average Bonchev–Trinajstić information content (AvgIpc) is 3.07. The molecule has 24 heavy (non-hydrogen) atoms. The van der Waals surface area contributed by atoms with Crippen LogP contribution in [0.2, 0.25) is 0 Å². The second-order valence-electron chi connectivity index (χ2n) is 4.55. The lowest BCUT2D eigenvalue weighted by Crippen LogP contribution is -2.14. The zero-order valence-corrected chi connectivity index (χ0v) is 13.9. The van der Waals surface area contributed by atoms with Gasteiger partial charge in [-0.25, -0.2) is 4.79 Å². The molecule has 0 aliphatic heterocycles. The summed E-state index contributed by atoms with van der Waals surface area (Å²) in [7, 11) is 1.32. The predicted octanol–water partition coefficient (Wildman–Crippen LogP) is 0.369. The summed E-state index contributed by atoms with van der Waals surface area (Å²) in [5.74, 6) is 1.93. The highest BCUT2D eigenvalue weighted by Gasteiger charge is 2.08. The summed E-state index contributed by atoms with van der Waals surface area (Å²) in [6.45, 7) is 4.30. The van der Waals surface area contributed by atoms with Gasteiger partial charge in [0.05, 0.1) is 59.9 Å². The van der Waals surface area contributed by atoms with Crippen LogP contribution in [0.15, 0.2) is 12.3 Å². The number of hydrogen-bond donors (Lipinski definition) is 0. The Bertz CT molecular complexity index is 497. The standard InChI is InChI=1S/C16H24N2O6/c1-3-7-21-9-11-23-13-14-24-12-10-22-8-6-18-5-4-15(17-18)16(19)20-2/h1,4-5H,6-14H2,2H3. The van der Waals surface area contributed by atoms with Gasteiger partial charge in [0.15, 0.2) is 5.69 Å². The van der Waals surface area contributed by atoms with Crippen molar-refractivity contribution in [3.8, 4) is 12.3 Å². The van der Waals surface area contributed by atoms with Gasteiger partial charge in [-0.15, -0.1) is 6.42 Å². The number of methoxy groups -OCH3 is 1. The van der Waals surface area contributed by atoms with E-state index in [9.17, 15) is 4.79 Å². The first kappa shape index (κ1) is 20.1. The van der Waals surface area contributed by atoms with Crippen LogP contribution in [-0.2, 0) is 30.2 Å². The molecule has 1 aromatic rings. The van der Waals surface area contributed by atoms with Crippen LogP contribution in [-0.4, -0.2) is 75.7 Å². The summed E-state index contributed by atoms with van der Waals surface area (Å²) in [4.78, 5) is 11.2. The maximum Gasteiger partial charge on any atom is 0.358 e. The molecule has 1 rings (SSSR count). The van der Waals surface area contributed by atoms with Gasteiger partial charge in [-0.05, 0) is 6.07 Å². The molecule has 0 aromatic carbocycles. The third kappa shape index (κ3) is 9.27. The number of terminal acetylenes is 1. The van der Waals surface area contributed by atoms with Gasteiger partial charge in [-0.1, -0.05) is 5.92 Å². The van der Waals surface area contributed by atoms with Crippen LogP contribution >= 0.6 is 0 Å². The summed E-state index contributed by atoms with van der Waals surface area (Å²) in [5, 5.41) is 4.07. The largest absolute Gasteiger partial charge is 0.464 e. The van der Waals surface area contributed by atoms with E-state index in [1.165, 1.54) is 7.11 Å². The van der Waals surface area contributed by atoms with E-state index in [0.717, 1.165) is 0 Å². The molecule has 0 aliphatic rings. The Morgan fingerprint density at radius 2 is 1.67 bits per heavy atom. The van der Waals surface area contributed by atoms with Crippen molar-refractivity contribution in [2.24, 2.45) is 0 Å². The van der Waals surface area contributed by atoms with Gasteiger partial charge in [0.1, 0.15) is 6.61 Å². The Kier molecular flexibility index (Phi) is 11.3. The van der Waals surface area contributed by atoms with E-state index in [-0.39, 0.29) is 5.69 Å². The Labute approximate surface area is 142 Å². The minimum atomic E-state index is -0.451. The first-order valence-corrected chi connectivity index (χ1v) is 7.64. The fraction of sp³-hybridized carbons (Fsp3) is 0.625. The Morgan fingerprint density at radius 1 is 1.08 bits per heavy atom. The lowest BCUT2D eigenvalue weighted by Gasteiger charge is -2.07. The number of esters is 1. The van der Waals surface area contributed by atoms with Gasteiger partial charge in [0.2, 0.25) is 0 Å². The second kappa shape index (κ2) is 13.5. The predicted molar refractivity (Wildman–Crippen MR) is 85.7 cm³/mol. The number of carbonyl (C=O) groups is 1. The summed E-state index contributed by atoms with van der Waals surface area (Å²) < 4.78 is 27.3. The van der Waals surface area contributed by atoms with Crippen molar-refractivity contribution >= 4 is 5.97 Å². The molecule has 0 bridgehead atoms. The first-order chi connectivity index (χ1) is 11.8. The SMILES string of the molecule is C#CCOCCOCCOCCOCCn1ccc(C(=O)OC)n1. The van der Waals surface area contributed by atoms with Crippen molar-refractivity contribution in [1.82, 2.24) is 9.78 Å². The Hall–Kier alpha value is -1.92. The highest BCUT2D eigenvalue weighted by molar-refractivity contribution is 5.86. The monoisotopic (exact) mass is 340 g/mol. The molecule has 0 unspecified atom stereocenters. The molecule has 8 nitrogen and oxygen atoms in total. The summed E-state index contributed by atoms with van der Waals surface area (Å²) in [5.41, 5.74) is 0.283. The number of carbonyl (C=O) groups excluding carboxylic acids is 1. The molecular weight excluding hydrogens is 316 g/mol. The number of nitrogens with zero attached hydrogens (tertiary/aromatic N) is 2. The normalized spacial score (nSPS) is 10.5. The zero-order chi connectivity index (χ0) is 17.5. The van der Waals surface area contributed by atoms with Crippen LogP contribution in [0.25, 0.3) is 0 Å². The van der Waals surface area contributed by atoms with E-state index in [1.54, 1.807) is 16.9 Å². The van der Waals surface area contributed by atoms with Crippen molar-refractivity contribution in [3.63, 3.8) is 0 Å². The molecule has 1 aromatic heterocycles. The van der Waals surface area contributed by atoms with E-state index in [2.05, 4.69) is 15.8 Å². The highest BCUT2D eigenvalue weighted by atomic mass is 16.6. The molecule has 0 spiro atoms. The highest BCUT2D eigenvalue weighted by Crippen LogP contribution is 1.97. The average molecular weight is 340 g/mol. The molecule has 0 radical (unpaired) electrons. The number of aromatic nitrogens is 2. The minimum absolute atomic E-state index is 0.283. The lowest BCUT2D eigenvalue weighted by molar-refractivity contribution is 0.000220. The van der Waals surface area contributed by atoms with Crippen LogP contribution in [0.5, 0.6) is 0 Å². The van der Waals surface area contributed by atoms with Crippen molar-refractivity contribution < 1.29 is 28.5 Å². The lowest BCUT2D eigenvalue weighted by atomic mass is 10.4. The third-order valence-electron chi connectivity index (χ3n) is 2.80. The molecule has 0 saturated heterocycles. The molecule has 0 atom stereocenters. The first-order valence-electron chi connectivity index (χ1n) is 7.64. The summed E-state index contributed by atoms with van der Waals surface area (Å²) in [6.07, 6.45) is 6.74. The molecule has 0 amide bonds. The minimum Gasteiger partial charge on any atom is -0.464 e. The molecule has 1 heterocycles. The smallest absolute Gasteiger partial charge is 0.358 e. The van der Waals surface area contributed by atoms with E-state index < -0.39 is 5.97 Å². The van der Waals surface area contributed by atoms with Crippen molar-refractivity contribution in [2.45, 2.75) is 6.54 Å². The molecular formula is C16H24N2O6. The summed E-state index contributed by atoms with van der Waals surface area (Å²) in [6, 6.07) is 1.60. The summed E-state index contributed by atoms with van der Waals surface area (Å²) >= 11 is 0. The zero-order valence-electron chi connectivity index (χ0n) is 13.9. The second-order valence-corrected chi connectivity index (χ2v) is 4.55. The topological polar surface area (TPSA) is 81.0 Å². The van der Waals surface area contributed by atoms with E-state index >= 15 is 0 Å². The quantitative estimate of drug-likeness (QED) is 0.275. The van der Waals surface area contributed by atoms with Gasteiger partial charge in [0, 0.05) is 6.20 Å². The van der Waals surface area contributed by atoms with E-state index in [0.29, 0.717) is 59.4 Å². The number of rotatable bonds is 14. The van der Waals surface area contributed by atoms with Crippen LogP contribution in [0.3, 0.4) is 0 Å². The van der Waals surface area contributed by atoms with Crippen LogP contribution in [0, 0.1) is 12.3 Å². The number of hydrogen-bond acceptors (Lipinski definition) is 7. The van der Waals surface area contributed by atoms with Crippen LogP contribution in [0.1, 0.15) is 10.5 Å². The van der Waals surface area contributed by atoms with E-state index in [1.807, 2.05) is 0 Å². The van der Waals surface area contributed by atoms with Gasteiger partial charge < -0.3 is 23.7 Å². The Morgan fingerprint density at radius 3 is 2.25 bits per heavy atom. The molecule has 0 saturated carbocycles. The van der Waals surface area contributed by atoms with Gasteiger partial charge >= 0.3 is 5.97 Å². The van der Waals surface area contributed by atoms with E-state index in [4.69, 9.17) is 25.4 Å². The van der Waals surface area contributed by atoms with Crippen LogP contribution < -0.4 is 0 Å². The number of ether oxygens (including phenoxy) is 5.